The zero-order chi connectivity index (χ0) is 24.2. The summed E-state index contributed by atoms with van der Waals surface area (Å²) >= 11 is 0. The molecule has 1 aromatic heterocycles. The average Bonchev–Trinajstić information content (AvgIpc) is 3.37. The van der Waals surface area contributed by atoms with Gasteiger partial charge in [-0.05, 0) is 31.1 Å². The first-order valence-electron chi connectivity index (χ1n) is 15.7. The Morgan fingerprint density at radius 3 is 1.18 bits per heavy atom. The number of nitrogens with one attached hydrogen (secondary N) is 1. The van der Waals surface area contributed by atoms with Gasteiger partial charge < -0.3 is 4.98 Å². The van der Waals surface area contributed by atoms with Crippen LogP contribution in [0.5, 0.6) is 0 Å². The van der Waals surface area contributed by atoms with E-state index in [1.807, 2.05) is 6.20 Å². The fraction of sp³-hybridized carbons (Fsp3) is 0.818. The fourth-order valence-electron chi connectivity index (χ4n) is 5.06. The summed E-state index contributed by atoms with van der Waals surface area (Å²) in [5, 5.41) is 0. The third kappa shape index (κ3) is 22.8. The van der Waals surface area contributed by atoms with Crippen LogP contribution in [-0.2, 0) is 0 Å². The molecule has 198 valence electrons. The lowest BCUT2D eigenvalue weighted by atomic mass is 10.0. The smallest absolute Gasteiger partial charge is 0.0377 e. The van der Waals surface area contributed by atoms with Crippen LogP contribution in [-0.4, -0.2) is 4.98 Å². The van der Waals surface area contributed by atoms with Gasteiger partial charge in [0.2, 0.25) is 0 Å². The quantitative estimate of drug-likeness (QED) is 0.123. The molecule has 0 bridgehead atoms. The molecule has 0 saturated heterocycles. The molecule has 1 N–H and O–H groups in total. The van der Waals surface area contributed by atoms with Crippen molar-refractivity contribution in [3.05, 3.63) is 30.1 Å². The predicted molar refractivity (Wildman–Crippen MR) is 156 cm³/mol. The van der Waals surface area contributed by atoms with E-state index in [-0.39, 0.29) is 0 Å². The molecule has 1 heteroatoms. The number of allylic oxidation sites excluding steroid dienone is 1. The van der Waals surface area contributed by atoms with Crippen LogP contribution in [0.2, 0.25) is 0 Å². The van der Waals surface area contributed by atoms with Crippen molar-refractivity contribution in [2.45, 2.75) is 174 Å². The van der Waals surface area contributed by atoms with Crippen LogP contribution in [0.25, 0.3) is 6.08 Å². The molecule has 1 nitrogen and oxygen atoms in total. The second kappa shape index (κ2) is 26.6. The lowest BCUT2D eigenvalue weighted by molar-refractivity contribution is 0.516. The number of rotatable bonds is 27. The van der Waals surface area contributed by atoms with Gasteiger partial charge in [0.15, 0.2) is 0 Å². The van der Waals surface area contributed by atoms with Crippen molar-refractivity contribution in [2.24, 2.45) is 0 Å². The SMILES string of the molecule is CCCCCCCCCCCCCCCCCCCCCCCCCCC/C=C/c1ccc[nH]1. The Hall–Kier alpha value is -0.980. The van der Waals surface area contributed by atoms with Crippen molar-refractivity contribution >= 4 is 6.08 Å². The maximum Gasteiger partial charge on any atom is 0.0377 e. The second-order valence-corrected chi connectivity index (χ2v) is 10.8. The fourth-order valence-corrected chi connectivity index (χ4v) is 5.06. The van der Waals surface area contributed by atoms with Gasteiger partial charge in [-0.2, -0.15) is 0 Å². The van der Waals surface area contributed by atoms with E-state index in [9.17, 15) is 0 Å². The van der Waals surface area contributed by atoms with Crippen molar-refractivity contribution in [1.29, 1.82) is 0 Å². The number of hydrogen-bond donors (Lipinski definition) is 1. The molecule has 0 saturated carbocycles. The van der Waals surface area contributed by atoms with Crippen LogP contribution in [0.15, 0.2) is 24.4 Å². The summed E-state index contributed by atoms with van der Waals surface area (Å²) in [5.41, 5.74) is 1.22. The van der Waals surface area contributed by atoms with E-state index < -0.39 is 0 Å². The number of hydrogen-bond acceptors (Lipinski definition) is 0. The van der Waals surface area contributed by atoms with Gasteiger partial charge in [0.1, 0.15) is 0 Å². The first-order chi connectivity index (χ1) is 16.9. The minimum Gasteiger partial charge on any atom is -0.362 e. The van der Waals surface area contributed by atoms with Gasteiger partial charge >= 0.3 is 0 Å². The lowest BCUT2D eigenvalue weighted by Crippen LogP contribution is -1.84. The molecule has 0 amide bonds. The molecule has 0 radical (unpaired) electrons. The minimum atomic E-state index is 1.22. The van der Waals surface area contributed by atoms with Crippen molar-refractivity contribution in [2.75, 3.05) is 0 Å². The Kier molecular flexibility index (Phi) is 24.3. The normalized spacial score (nSPS) is 11.7. The van der Waals surface area contributed by atoms with E-state index in [0.29, 0.717) is 0 Å². The highest BCUT2D eigenvalue weighted by Gasteiger charge is 1.96. The van der Waals surface area contributed by atoms with E-state index in [2.05, 4.69) is 36.2 Å². The van der Waals surface area contributed by atoms with Crippen molar-refractivity contribution in [3.63, 3.8) is 0 Å². The Morgan fingerprint density at radius 2 is 0.853 bits per heavy atom. The minimum absolute atomic E-state index is 1.22. The number of H-pyrrole nitrogens is 1. The van der Waals surface area contributed by atoms with Gasteiger partial charge in [0.05, 0.1) is 0 Å². The summed E-state index contributed by atoms with van der Waals surface area (Å²) in [6.07, 6.45) is 44.2. The molecule has 0 fully saturated rings. The first kappa shape index (κ1) is 31.1. The van der Waals surface area contributed by atoms with Gasteiger partial charge in [-0.1, -0.05) is 167 Å². The summed E-state index contributed by atoms with van der Waals surface area (Å²) in [4.78, 5) is 3.22. The first-order valence-corrected chi connectivity index (χ1v) is 15.7. The Bertz CT molecular complexity index is 501. The van der Waals surface area contributed by atoms with Crippen LogP contribution in [0.1, 0.15) is 180 Å². The summed E-state index contributed by atoms with van der Waals surface area (Å²) in [6.45, 7) is 2.30. The van der Waals surface area contributed by atoms with Crippen LogP contribution in [0.3, 0.4) is 0 Å². The summed E-state index contributed by atoms with van der Waals surface area (Å²) < 4.78 is 0. The van der Waals surface area contributed by atoms with Gasteiger partial charge in [0, 0.05) is 11.9 Å². The Morgan fingerprint density at radius 1 is 0.500 bits per heavy atom. The topological polar surface area (TPSA) is 15.8 Å². The molecule has 0 aliphatic carbocycles. The van der Waals surface area contributed by atoms with E-state index in [1.54, 1.807) is 0 Å². The van der Waals surface area contributed by atoms with Gasteiger partial charge in [-0.25, -0.2) is 0 Å². The van der Waals surface area contributed by atoms with Crippen LogP contribution in [0.4, 0.5) is 0 Å². The molecular formula is C33H61N. The molecule has 1 aromatic rings. The van der Waals surface area contributed by atoms with Crippen molar-refractivity contribution in [3.8, 4) is 0 Å². The average molecular weight is 472 g/mol. The number of unbranched alkanes of at least 4 members (excludes halogenated alkanes) is 25. The van der Waals surface area contributed by atoms with Crippen LogP contribution in [0, 0.1) is 0 Å². The number of aromatic amines is 1. The second-order valence-electron chi connectivity index (χ2n) is 10.8. The summed E-state index contributed by atoms with van der Waals surface area (Å²) in [7, 11) is 0. The van der Waals surface area contributed by atoms with Gasteiger partial charge in [-0.15, -0.1) is 0 Å². The highest BCUT2D eigenvalue weighted by Crippen LogP contribution is 2.16. The molecule has 0 aliphatic heterocycles. The van der Waals surface area contributed by atoms with Crippen molar-refractivity contribution < 1.29 is 0 Å². The molecule has 0 spiro atoms. The summed E-state index contributed by atoms with van der Waals surface area (Å²) in [6, 6.07) is 4.18. The van der Waals surface area contributed by atoms with E-state index >= 15 is 0 Å². The van der Waals surface area contributed by atoms with Crippen LogP contribution >= 0.6 is 0 Å². The van der Waals surface area contributed by atoms with Gasteiger partial charge in [0.25, 0.3) is 0 Å². The molecule has 34 heavy (non-hydrogen) atoms. The highest BCUT2D eigenvalue weighted by atomic mass is 14.7. The van der Waals surface area contributed by atoms with Crippen molar-refractivity contribution in [1.82, 2.24) is 4.98 Å². The van der Waals surface area contributed by atoms with E-state index in [0.717, 1.165) is 0 Å². The largest absolute Gasteiger partial charge is 0.362 e. The van der Waals surface area contributed by atoms with E-state index in [1.165, 1.54) is 173 Å². The number of aromatic nitrogens is 1. The Labute approximate surface area is 215 Å². The molecule has 1 rings (SSSR count). The van der Waals surface area contributed by atoms with E-state index in [4.69, 9.17) is 0 Å². The molecule has 0 aromatic carbocycles. The van der Waals surface area contributed by atoms with Gasteiger partial charge in [-0.3, -0.25) is 0 Å². The van der Waals surface area contributed by atoms with Crippen LogP contribution < -0.4 is 0 Å². The highest BCUT2D eigenvalue weighted by molar-refractivity contribution is 5.43. The lowest BCUT2D eigenvalue weighted by Gasteiger charge is -2.04. The zero-order valence-electron chi connectivity index (χ0n) is 23.3. The molecule has 0 aliphatic rings. The maximum absolute atomic E-state index is 3.22. The third-order valence-corrected chi connectivity index (χ3v) is 7.39. The third-order valence-electron chi connectivity index (χ3n) is 7.39. The molecular weight excluding hydrogens is 410 g/mol. The predicted octanol–water partition coefficient (Wildman–Crippen LogP) is 12.2. The molecule has 1 heterocycles. The zero-order valence-corrected chi connectivity index (χ0v) is 23.3. The standard InChI is InChI=1S/C33H61N/c1-2-3-4-5-6-7-8-9-10-11-12-13-14-15-16-17-18-19-20-21-22-23-24-25-26-27-28-30-33-31-29-32-34-33/h28-32,34H,2-27H2,1H3/b30-28+. The molecule has 0 atom stereocenters. The monoisotopic (exact) mass is 471 g/mol. The maximum atomic E-state index is 3.22. The molecule has 0 unspecified atom stereocenters. The summed E-state index contributed by atoms with van der Waals surface area (Å²) in [5.74, 6) is 0. The Balaban J connectivity index is 1.63.